The Morgan fingerprint density at radius 3 is 2.20 bits per heavy atom. The maximum absolute atomic E-state index is 16.5. The molecule has 3 heterocycles. The summed E-state index contributed by atoms with van der Waals surface area (Å²) in [4.78, 5) is 25.9. The van der Waals surface area contributed by atoms with E-state index in [9.17, 15) is 4.79 Å². The summed E-state index contributed by atoms with van der Waals surface area (Å²) in [7, 11) is -4.09. The van der Waals surface area contributed by atoms with Crippen LogP contribution in [0.2, 0.25) is 36.3 Å². The fourth-order valence-corrected chi connectivity index (χ4v) is 11.2. The molecule has 4 atom stereocenters. The van der Waals surface area contributed by atoms with Gasteiger partial charge in [0, 0.05) is 5.56 Å². The second-order valence-corrected chi connectivity index (χ2v) is 20.3. The van der Waals surface area contributed by atoms with Gasteiger partial charge in [-0.15, -0.1) is 0 Å². The third-order valence-corrected chi connectivity index (χ3v) is 18.3. The summed E-state index contributed by atoms with van der Waals surface area (Å²) in [5, 5.41) is 2.81. The minimum absolute atomic E-state index is 0.252. The Kier molecular flexibility index (Phi) is 10.5. The molecule has 1 amide bonds. The summed E-state index contributed by atoms with van der Waals surface area (Å²) < 4.78 is 37.9. The van der Waals surface area contributed by atoms with Crippen molar-refractivity contribution in [2.75, 3.05) is 11.9 Å². The number of carbonyl (C=O) groups excluding carboxylic acids is 1. The molecule has 224 valence electrons. The monoisotopic (exact) mass is 601 g/mol. The molecule has 0 aliphatic carbocycles. The summed E-state index contributed by atoms with van der Waals surface area (Å²) >= 11 is 0. The smallest absolute Gasteiger partial charge is 0.256 e. The van der Waals surface area contributed by atoms with Crippen molar-refractivity contribution in [2.45, 2.75) is 102 Å². The third-order valence-electron chi connectivity index (χ3n) is 8.97. The number of imidazole rings is 1. The van der Waals surface area contributed by atoms with Crippen molar-refractivity contribution in [3.63, 3.8) is 0 Å². The molecule has 12 heteroatoms. The Bertz CT molecular complexity index is 1270. The summed E-state index contributed by atoms with van der Waals surface area (Å²) in [6, 6.07) is 14.6. The molecule has 3 aromatic rings. The number of benzene rings is 1. The van der Waals surface area contributed by atoms with E-state index in [0.29, 0.717) is 23.3 Å². The Morgan fingerprint density at radius 2 is 1.59 bits per heavy atom. The van der Waals surface area contributed by atoms with Crippen LogP contribution in [-0.4, -0.2) is 67.0 Å². The van der Waals surface area contributed by atoms with Crippen LogP contribution in [0, 0.1) is 0 Å². The molecule has 2 aromatic heterocycles. The highest BCUT2D eigenvalue weighted by Crippen LogP contribution is 2.39. The van der Waals surface area contributed by atoms with E-state index >= 15 is 4.39 Å². The molecular weight excluding hydrogens is 558 g/mol. The Balaban J connectivity index is 1.64. The number of rotatable bonds is 14. The van der Waals surface area contributed by atoms with Gasteiger partial charge in [0.25, 0.3) is 5.91 Å². The number of aromatic nitrogens is 4. The van der Waals surface area contributed by atoms with Gasteiger partial charge in [-0.2, -0.15) is 0 Å². The second kappa shape index (κ2) is 13.6. The van der Waals surface area contributed by atoms with Crippen LogP contribution in [0.15, 0.2) is 43.0 Å². The molecule has 1 aromatic carbocycles. The zero-order chi connectivity index (χ0) is 29.6. The number of nitrogens with zero attached hydrogens (tertiary/aromatic N) is 4. The summed E-state index contributed by atoms with van der Waals surface area (Å²) in [5.74, 6) is -0.0654. The molecule has 1 fully saturated rings. The minimum atomic E-state index is -2.16. The van der Waals surface area contributed by atoms with Crippen molar-refractivity contribution in [1.29, 1.82) is 0 Å². The molecule has 4 rings (SSSR count). The van der Waals surface area contributed by atoms with Crippen molar-refractivity contribution in [3.8, 4) is 0 Å². The maximum Gasteiger partial charge on any atom is 0.256 e. The summed E-state index contributed by atoms with van der Waals surface area (Å²) in [5.41, 5.74) is 1.23. The van der Waals surface area contributed by atoms with Gasteiger partial charge in [0.05, 0.1) is 12.9 Å². The van der Waals surface area contributed by atoms with E-state index in [1.165, 1.54) is 12.7 Å². The predicted octanol–water partition coefficient (Wildman–Crippen LogP) is 6.73. The van der Waals surface area contributed by atoms with Gasteiger partial charge in [0.1, 0.15) is 18.5 Å². The molecule has 0 saturated carbocycles. The number of halogens is 1. The van der Waals surface area contributed by atoms with Crippen LogP contribution in [0.3, 0.4) is 0 Å². The Labute approximate surface area is 244 Å². The molecule has 0 spiro atoms. The number of amides is 1. The number of nitrogens with one attached hydrogen (secondary N) is 1. The van der Waals surface area contributed by atoms with E-state index in [4.69, 9.17) is 13.6 Å². The van der Waals surface area contributed by atoms with Gasteiger partial charge in [-0.3, -0.25) is 9.36 Å². The van der Waals surface area contributed by atoms with Gasteiger partial charge >= 0.3 is 0 Å². The van der Waals surface area contributed by atoms with E-state index in [-0.39, 0.29) is 11.7 Å². The van der Waals surface area contributed by atoms with Crippen molar-refractivity contribution >= 4 is 39.5 Å². The minimum Gasteiger partial charge on any atom is -0.414 e. The summed E-state index contributed by atoms with van der Waals surface area (Å²) in [6.45, 7) is 13.2. The van der Waals surface area contributed by atoms with E-state index in [0.717, 1.165) is 36.3 Å². The lowest BCUT2D eigenvalue weighted by Gasteiger charge is -2.35. The zero-order valence-corrected chi connectivity index (χ0v) is 27.1. The normalized spacial score (nSPS) is 21.4. The van der Waals surface area contributed by atoms with E-state index < -0.39 is 41.2 Å². The average Bonchev–Trinajstić information content (AvgIpc) is 3.58. The number of ether oxygens (including phenoxy) is 1. The molecule has 0 bridgehead atoms. The number of fused-ring (bicyclic) bond motifs is 1. The number of hydrogen-bond acceptors (Lipinski definition) is 7. The molecule has 9 nitrogen and oxygen atoms in total. The Hall–Kier alpha value is -2.52. The average molecular weight is 602 g/mol. The SMILES string of the molecule is CC[Si](CC)(CC)OC[C@H]1O[C@@H](n2cnc3c(NC(=O)c4ccccc4)ncnc32)[C@@H](F)[C@@H]1O[Si](CC)(CC)CC. The number of hydrogen-bond donors (Lipinski definition) is 1. The fraction of sp³-hybridized carbons (Fsp3) is 0.586. The molecule has 0 radical (unpaired) electrons. The third kappa shape index (κ3) is 6.46. The van der Waals surface area contributed by atoms with Gasteiger partial charge in [0.15, 0.2) is 46.0 Å². The largest absolute Gasteiger partial charge is 0.414 e. The highest BCUT2D eigenvalue weighted by molar-refractivity contribution is 6.74. The van der Waals surface area contributed by atoms with Crippen LogP contribution >= 0.6 is 0 Å². The first kappa shape index (κ1) is 31.4. The van der Waals surface area contributed by atoms with Crippen molar-refractivity contribution in [3.05, 3.63) is 48.5 Å². The second-order valence-electron chi connectivity index (χ2n) is 10.8. The van der Waals surface area contributed by atoms with Crippen LogP contribution in [0.1, 0.15) is 58.1 Å². The van der Waals surface area contributed by atoms with Gasteiger partial charge in [-0.1, -0.05) is 59.7 Å². The van der Waals surface area contributed by atoms with Crippen molar-refractivity contribution in [1.82, 2.24) is 19.5 Å². The highest BCUT2D eigenvalue weighted by Gasteiger charge is 2.51. The van der Waals surface area contributed by atoms with Crippen LogP contribution in [-0.2, 0) is 13.6 Å². The molecule has 41 heavy (non-hydrogen) atoms. The van der Waals surface area contributed by atoms with Gasteiger partial charge in [-0.05, 0) is 48.4 Å². The first-order valence-electron chi connectivity index (χ1n) is 14.9. The van der Waals surface area contributed by atoms with Crippen LogP contribution in [0.4, 0.5) is 10.2 Å². The standard InChI is InChI=1S/C29H44FN5O4Si2/c1-7-40(8-2,9-3)37-18-22-25(39-41(10-4,11-5)12-6)23(30)29(38-22)35-20-33-24-26(31-19-32-27(24)35)34-28(36)21-16-14-13-15-17-21/h13-17,19-20,22-23,25,29H,7-12,18H2,1-6H3,(H,31,32,34,36)/t22-,23+,25-,29-/m1/s1. The van der Waals surface area contributed by atoms with Crippen molar-refractivity contribution in [2.24, 2.45) is 0 Å². The van der Waals surface area contributed by atoms with Crippen LogP contribution < -0.4 is 5.32 Å². The molecule has 0 unspecified atom stereocenters. The van der Waals surface area contributed by atoms with Crippen LogP contribution in [0.25, 0.3) is 11.2 Å². The molecule has 1 N–H and O–H groups in total. The van der Waals surface area contributed by atoms with E-state index in [2.05, 4.69) is 61.8 Å². The highest BCUT2D eigenvalue weighted by atomic mass is 28.4. The van der Waals surface area contributed by atoms with E-state index in [1.807, 2.05) is 6.07 Å². The summed E-state index contributed by atoms with van der Waals surface area (Å²) in [6.07, 6.45) is -0.909. The number of alkyl halides is 1. The topological polar surface area (TPSA) is 100 Å². The van der Waals surface area contributed by atoms with E-state index in [1.54, 1.807) is 28.8 Å². The van der Waals surface area contributed by atoms with Crippen molar-refractivity contribution < 1.29 is 22.8 Å². The number of carbonyl (C=O) groups is 1. The molecule has 1 saturated heterocycles. The molecule has 1 aliphatic heterocycles. The first-order valence-corrected chi connectivity index (χ1v) is 20.0. The lowest BCUT2D eigenvalue weighted by Crippen LogP contribution is -2.48. The van der Waals surface area contributed by atoms with Gasteiger partial charge in [0.2, 0.25) is 0 Å². The van der Waals surface area contributed by atoms with Gasteiger partial charge < -0.3 is 18.9 Å². The Morgan fingerprint density at radius 1 is 0.951 bits per heavy atom. The lowest BCUT2D eigenvalue weighted by atomic mass is 10.1. The van der Waals surface area contributed by atoms with Crippen LogP contribution in [0.5, 0.6) is 0 Å². The zero-order valence-electron chi connectivity index (χ0n) is 25.1. The maximum atomic E-state index is 16.5. The van der Waals surface area contributed by atoms with Gasteiger partial charge in [-0.25, -0.2) is 19.3 Å². The fourth-order valence-electron chi connectivity index (χ4n) is 5.70. The molecule has 1 aliphatic rings. The lowest BCUT2D eigenvalue weighted by molar-refractivity contribution is -0.0416. The first-order chi connectivity index (χ1) is 19.8. The molecular formula is C29H44FN5O4Si2. The predicted molar refractivity (Wildman–Crippen MR) is 164 cm³/mol. The number of anilines is 1. The quantitative estimate of drug-likeness (QED) is 0.205.